The smallest absolute Gasteiger partial charge is 0.254 e. The molecule has 1 aromatic carbocycles. The molecule has 0 unspecified atom stereocenters. The average Bonchev–Trinajstić information content (AvgIpc) is 2.27. The van der Waals surface area contributed by atoms with Crippen molar-refractivity contribution >= 4 is 5.69 Å². The van der Waals surface area contributed by atoms with Crippen LogP contribution in [0.4, 0.5) is 5.69 Å². The monoisotopic (exact) mass is 233 g/mol. The Hall–Kier alpha value is -2.50. The van der Waals surface area contributed by atoms with E-state index in [1.54, 1.807) is 18.2 Å². The molecule has 0 bridgehead atoms. The number of anilines is 1. The van der Waals surface area contributed by atoms with Gasteiger partial charge in [-0.25, -0.2) is 0 Å². The Bertz CT molecular complexity index is 607. The van der Waals surface area contributed by atoms with E-state index in [-0.39, 0.29) is 11.7 Å². The van der Waals surface area contributed by atoms with Crippen LogP contribution in [0.5, 0.6) is 11.6 Å². The van der Waals surface area contributed by atoms with Crippen LogP contribution in [0.3, 0.4) is 0 Å². The average molecular weight is 233 g/mol. The van der Waals surface area contributed by atoms with Gasteiger partial charge in [0, 0.05) is 17.3 Å². The predicted molar refractivity (Wildman–Crippen MR) is 62.9 cm³/mol. The molecule has 0 saturated carbocycles. The summed E-state index contributed by atoms with van der Waals surface area (Å²) in [5.74, 6) is 0.475. The van der Waals surface area contributed by atoms with Crippen molar-refractivity contribution in [1.29, 1.82) is 0 Å². The Morgan fingerprint density at radius 2 is 2.18 bits per heavy atom. The highest BCUT2D eigenvalue weighted by Gasteiger charge is 2.08. The summed E-state index contributed by atoms with van der Waals surface area (Å²) in [5.41, 5.74) is 6.29. The fraction of sp³-hybridized carbons (Fsp3) is 0.0909. The molecule has 1 aromatic heterocycles. The van der Waals surface area contributed by atoms with E-state index >= 15 is 0 Å². The molecule has 0 aliphatic carbocycles. The largest absolute Gasteiger partial charge is 0.497 e. The highest BCUT2D eigenvalue weighted by molar-refractivity contribution is 5.72. The van der Waals surface area contributed by atoms with Crippen molar-refractivity contribution in [2.24, 2.45) is 0 Å². The van der Waals surface area contributed by atoms with E-state index in [1.807, 2.05) is 0 Å². The summed E-state index contributed by atoms with van der Waals surface area (Å²) >= 11 is 0. The van der Waals surface area contributed by atoms with Gasteiger partial charge in [0.05, 0.1) is 13.2 Å². The summed E-state index contributed by atoms with van der Waals surface area (Å²) in [5, 5.41) is 9.25. The number of nitrogen functional groups attached to an aromatic ring is 1. The molecule has 0 amide bonds. The second-order valence-corrected chi connectivity index (χ2v) is 3.41. The Balaban J connectivity index is 2.56. The van der Waals surface area contributed by atoms with Gasteiger partial charge in [0.15, 0.2) is 0 Å². The van der Waals surface area contributed by atoms with Gasteiger partial charge in [-0.05, 0) is 12.1 Å². The number of rotatable bonds is 2. The van der Waals surface area contributed by atoms with Crippen LogP contribution in [0.1, 0.15) is 0 Å². The van der Waals surface area contributed by atoms with E-state index in [4.69, 9.17) is 10.5 Å². The normalized spacial score (nSPS) is 10.2. The number of nitrogens with zero attached hydrogens (tertiary/aromatic N) is 1. The van der Waals surface area contributed by atoms with E-state index in [0.29, 0.717) is 17.0 Å². The highest BCUT2D eigenvalue weighted by Crippen LogP contribution is 2.26. The molecule has 17 heavy (non-hydrogen) atoms. The quantitative estimate of drug-likeness (QED) is 0.664. The molecule has 0 spiro atoms. The molecule has 0 atom stereocenters. The fourth-order valence-electron chi connectivity index (χ4n) is 1.46. The van der Waals surface area contributed by atoms with Crippen molar-refractivity contribution in [1.82, 2.24) is 9.97 Å². The van der Waals surface area contributed by atoms with Crippen LogP contribution in [0.25, 0.3) is 11.4 Å². The van der Waals surface area contributed by atoms with Crippen molar-refractivity contribution in [3.05, 3.63) is 34.6 Å². The number of ether oxygens (including phenoxy) is 1. The zero-order valence-electron chi connectivity index (χ0n) is 9.10. The van der Waals surface area contributed by atoms with Crippen LogP contribution in [0.15, 0.2) is 29.1 Å². The Morgan fingerprint density at radius 1 is 1.41 bits per heavy atom. The molecular formula is C11H11N3O3. The standard InChI is InChI=1S/C11H11N3O3/c1-17-6-2-3-7(8(12)4-6)11-13-9(15)5-10(16)14-11/h2-5H,12H2,1H3,(H2,13,14,15,16). The lowest BCUT2D eigenvalue weighted by Crippen LogP contribution is -2.07. The van der Waals surface area contributed by atoms with Crippen LogP contribution in [-0.4, -0.2) is 22.2 Å². The molecule has 0 fully saturated rings. The number of aromatic amines is 1. The second kappa shape index (κ2) is 4.17. The molecule has 1 heterocycles. The van der Waals surface area contributed by atoms with Crippen molar-refractivity contribution in [3.8, 4) is 23.0 Å². The van der Waals surface area contributed by atoms with Crippen LogP contribution < -0.4 is 16.0 Å². The maximum absolute atomic E-state index is 11.2. The van der Waals surface area contributed by atoms with Gasteiger partial charge in [-0.3, -0.25) is 4.79 Å². The summed E-state index contributed by atoms with van der Waals surface area (Å²) < 4.78 is 5.01. The number of nitrogens with one attached hydrogen (secondary N) is 1. The zero-order chi connectivity index (χ0) is 12.4. The molecule has 0 saturated heterocycles. The van der Waals surface area contributed by atoms with E-state index < -0.39 is 5.56 Å². The molecule has 0 aliphatic heterocycles. The first kappa shape index (κ1) is 11.0. The molecule has 0 aliphatic rings. The van der Waals surface area contributed by atoms with Crippen molar-refractivity contribution in [2.75, 3.05) is 12.8 Å². The van der Waals surface area contributed by atoms with E-state index in [0.717, 1.165) is 6.07 Å². The van der Waals surface area contributed by atoms with Crippen molar-refractivity contribution < 1.29 is 9.84 Å². The number of nitrogens with two attached hydrogens (primary N) is 1. The fourth-order valence-corrected chi connectivity index (χ4v) is 1.46. The number of hydrogen-bond donors (Lipinski definition) is 3. The van der Waals surface area contributed by atoms with Gasteiger partial charge in [-0.1, -0.05) is 0 Å². The number of aromatic hydroxyl groups is 1. The first-order chi connectivity index (χ1) is 8.10. The second-order valence-electron chi connectivity index (χ2n) is 3.41. The van der Waals surface area contributed by atoms with E-state index in [1.165, 1.54) is 7.11 Å². The van der Waals surface area contributed by atoms with E-state index in [2.05, 4.69) is 9.97 Å². The molecule has 0 radical (unpaired) electrons. The Morgan fingerprint density at radius 3 is 2.76 bits per heavy atom. The molecule has 88 valence electrons. The zero-order valence-corrected chi connectivity index (χ0v) is 9.10. The summed E-state index contributed by atoms with van der Waals surface area (Å²) in [6, 6.07) is 5.95. The van der Waals surface area contributed by atoms with Gasteiger partial charge < -0.3 is 20.6 Å². The van der Waals surface area contributed by atoms with Gasteiger partial charge >= 0.3 is 0 Å². The molecule has 4 N–H and O–H groups in total. The Kier molecular flexibility index (Phi) is 2.70. The molecule has 6 heteroatoms. The van der Waals surface area contributed by atoms with Crippen LogP contribution in [0, 0.1) is 0 Å². The van der Waals surface area contributed by atoms with Crippen LogP contribution in [-0.2, 0) is 0 Å². The van der Waals surface area contributed by atoms with Gasteiger partial charge in [0.2, 0.25) is 5.88 Å². The number of benzene rings is 1. The van der Waals surface area contributed by atoms with Gasteiger partial charge in [0.1, 0.15) is 11.6 Å². The van der Waals surface area contributed by atoms with Gasteiger partial charge in [0.25, 0.3) is 5.56 Å². The molecule has 2 rings (SSSR count). The minimum Gasteiger partial charge on any atom is -0.497 e. The number of H-pyrrole nitrogens is 1. The van der Waals surface area contributed by atoms with Crippen molar-refractivity contribution in [3.63, 3.8) is 0 Å². The van der Waals surface area contributed by atoms with Crippen LogP contribution in [0.2, 0.25) is 0 Å². The molecule has 2 aromatic rings. The third-order valence-electron chi connectivity index (χ3n) is 2.24. The maximum Gasteiger partial charge on any atom is 0.254 e. The highest BCUT2D eigenvalue weighted by atomic mass is 16.5. The Labute approximate surface area is 96.7 Å². The summed E-state index contributed by atoms with van der Waals surface area (Å²) in [6.45, 7) is 0. The predicted octanol–water partition coefficient (Wildman–Crippen LogP) is 0.733. The minimum absolute atomic E-state index is 0.218. The summed E-state index contributed by atoms with van der Waals surface area (Å²) in [7, 11) is 1.53. The third-order valence-corrected chi connectivity index (χ3v) is 2.24. The lowest BCUT2D eigenvalue weighted by Gasteiger charge is -2.07. The lowest BCUT2D eigenvalue weighted by atomic mass is 10.1. The van der Waals surface area contributed by atoms with Gasteiger partial charge in [-0.2, -0.15) is 4.98 Å². The summed E-state index contributed by atoms with van der Waals surface area (Å²) in [6.07, 6.45) is 0. The number of aromatic nitrogens is 2. The molecular weight excluding hydrogens is 222 g/mol. The molecule has 6 nitrogen and oxygen atoms in total. The first-order valence-electron chi connectivity index (χ1n) is 4.84. The van der Waals surface area contributed by atoms with Crippen molar-refractivity contribution in [2.45, 2.75) is 0 Å². The number of methoxy groups -OCH3 is 1. The SMILES string of the molecule is COc1ccc(-c2nc(O)cc(=O)[nH]2)c(N)c1. The van der Waals surface area contributed by atoms with Crippen LogP contribution >= 0.6 is 0 Å². The first-order valence-corrected chi connectivity index (χ1v) is 4.84. The third kappa shape index (κ3) is 2.20. The number of hydrogen-bond acceptors (Lipinski definition) is 5. The minimum atomic E-state index is -0.442. The topological polar surface area (TPSA) is 101 Å². The van der Waals surface area contributed by atoms with E-state index in [9.17, 15) is 9.90 Å². The maximum atomic E-state index is 11.2. The lowest BCUT2D eigenvalue weighted by molar-refractivity contribution is 0.415. The van der Waals surface area contributed by atoms with Gasteiger partial charge in [-0.15, -0.1) is 0 Å². The summed E-state index contributed by atoms with van der Waals surface area (Å²) in [4.78, 5) is 17.5.